The van der Waals surface area contributed by atoms with Crippen LogP contribution in [0.15, 0.2) is 61.2 Å². The number of hydrogen-bond donors (Lipinski definition) is 0. The Morgan fingerprint density at radius 3 is 2.00 bits per heavy atom. The van der Waals surface area contributed by atoms with Gasteiger partial charge in [0.2, 0.25) is 0 Å². The fraction of sp³-hybridized carbons (Fsp3) is 0.360. The van der Waals surface area contributed by atoms with Crippen LogP contribution >= 0.6 is 0 Å². The van der Waals surface area contributed by atoms with Crippen molar-refractivity contribution >= 4 is 5.70 Å². The first-order valence-electron chi connectivity index (χ1n) is 10.1. The van der Waals surface area contributed by atoms with Gasteiger partial charge in [-0.3, -0.25) is 0 Å². The molecule has 2 aliphatic heterocycles. The Morgan fingerprint density at radius 2 is 1.37 bits per heavy atom. The van der Waals surface area contributed by atoms with Gasteiger partial charge >= 0.3 is 0 Å². The average molecular weight is 357 g/mol. The predicted molar refractivity (Wildman–Crippen MR) is 113 cm³/mol. The van der Waals surface area contributed by atoms with Crippen LogP contribution in [-0.4, -0.2) is 42.0 Å². The van der Waals surface area contributed by atoms with Gasteiger partial charge < -0.3 is 9.80 Å². The summed E-state index contributed by atoms with van der Waals surface area (Å²) < 4.78 is 0. The summed E-state index contributed by atoms with van der Waals surface area (Å²) in [7, 11) is 0. The topological polar surface area (TPSA) is 6.48 Å². The zero-order chi connectivity index (χ0) is 18.5. The van der Waals surface area contributed by atoms with Crippen LogP contribution in [0.2, 0.25) is 0 Å². The fourth-order valence-corrected chi connectivity index (χ4v) is 4.20. The number of nitrogens with zero attached hydrogens (tertiary/aromatic N) is 2. The molecule has 0 bridgehead atoms. The first-order chi connectivity index (χ1) is 13.3. The highest BCUT2D eigenvalue weighted by Gasteiger charge is 2.26. The molecule has 2 aromatic rings. The van der Waals surface area contributed by atoms with E-state index < -0.39 is 0 Å². The second-order valence-electron chi connectivity index (χ2n) is 7.60. The summed E-state index contributed by atoms with van der Waals surface area (Å²) >= 11 is 0. The van der Waals surface area contributed by atoms with E-state index in [-0.39, 0.29) is 0 Å². The Hall–Kier alpha value is -2.50. The molecule has 0 saturated carbocycles. The van der Waals surface area contributed by atoms with Crippen molar-refractivity contribution in [3.8, 4) is 11.8 Å². The largest absolute Gasteiger partial charge is 0.371 e. The van der Waals surface area contributed by atoms with Crippen molar-refractivity contribution in [2.75, 3.05) is 26.2 Å². The number of likely N-dealkylation sites (tertiary alicyclic amines) is 2. The van der Waals surface area contributed by atoms with Crippen molar-refractivity contribution < 1.29 is 0 Å². The lowest BCUT2D eigenvalue weighted by atomic mass is 10.0. The molecule has 2 heteroatoms. The molecule has 27 heavy (non-hydrogen) atoms. The zero-order valence-electron chi connectivity index (χ0n) is 16.0. The second-order valence-corrected chi connectivity index (χ2v) is 7.60. The van der Waals surface area contributed by atoms with E-state index in [4.69, 9.17) is 0 Å². The zero-order valence-corrected chi connectivity index (χ0v) is 16.0. The molecule has 0 amide bonds. The molecule has 2 saturated heterocycles. The molecule has 4 rings (SSSR count). The monoisotopic (exact) mass is 356 g/mol. The van der Waals surface area contributed by atoms with Crippen LogP contribution in [0.1, 0.15) is 42.4 Å². The molecular weight excluding hydrogens is 328 g/mol. The van der Waals surface area contributed by atoms with Gasteiger partial charge in [0.05, 0.1) is 0 Å². The Morgan fingerprint density at radius 1 is 0.778 bits per heavy atom. The molecule has 138 valence electrons. The highest BCUT2D eigenvalue weighted by Crippen LogP contribution is 2.26. The Labute approximate surface area is 163 Å². The summed E-state index contributed by atoms with van der Waals surface area (Å²) in [4.78, 5) is 5.15. The van der Waals surface area contributed by atoms with Crippen molar-refractivity contribution in [3.63, 3.8) is 0 Å². The van der Waals surface area contributed by atoms with E-state index in [2.05, 4.69) is 52.5 Å². The molecule has 0 radical (unpaired) electrons. The van der Waals surface area contributed by atoms with Gasteiger partial charge in [0, 0.05) is 36.0 Å². The first-order valence-corrected chi connectivity index (χ1v) is 10.1. The molecule has 0 aromatic heterocycles. The van der Waals surface area contributed by atoms with E-state index in [0.717, 1.165) is 36.0 Å². The highest BCUT2D eigenvalue weighted by atomic mass is 15.2. The van der Waals surface area contributed by atoms with Gasteiger partial charge in [-0.05, 0) is 68.6 Å². The van der Waals surface area contributed by atoms with E-state index in [0.29, 0.717) is 0 Å². The van der Waals surface area contributed by atoms with Crippen molar-refractivity contribution in [1.82, 2.24) is 9.80 Å². The van der Waals surface area contributed by atoms with Crippen LogP contribution in [0.4, 0.5) is 0 Å². The highest BCUT2D eigenvalue weighted by molar-refractivity contribution is 5.63. The van der Waals surface area contributed by atoms with E-state index in [1.54, 1.807) is 0 Å². The van der Waals surface area contributed by atoms with Crippen LogP contribution in [0, 0.1) is 11.8 Å². The smallest absolute Gasteiger partial charge is 0.0366 e. The van der Waals surface area contributed by atoms with E-state index in [1.807, 2.05) is 30.3 Å². The van der Waals surface area contributed by atoms with Gasteiger partial charge in [0.1, 0.15) is 0 Å². The fourth-order valence-electron chi connectivity index (χ4n) is 4.20. The number of rotatable bonds is 3. The summed E-state index contributed by atoms with van der Waals surface area (Å²) in [6, 6.07) is 19.4. The maximum atomic E-state index is 4.37. The Kier molecular flexibility index (Phi) is 5.61. The average Bonchev–Trinajstić information content (AvgIpc) is 3.28. The molecular formula is C25H28N2. The van der Waals surface area contributed by atoms with E-state index >= 15 is 0 Å². The minimum atomic E-state index is 0.784. The van der Waals surface area contributed by atoms with Gasteiger partial charge in [-0.15, -0.1) is 0 Å². The number of benzene rings is 2. The molecule has 2 fully saturated rings. The molecule has 0 atom stereocenters. The third-order valence-corrected chi connectivity index (χ3v) is 5.85. The minimum absolute atomic E-state index is 0.784. The van der Waals surface area contributed by atoms with Gasteiger partial charge in [-0.2, -0.15) is 0 Å². The predicted octanol–water partition coefficient (Wildman–Crippen LogP) is 4.62. The molecule has 2 nitrogen and oxygen atoms in total. The summed E-state index contributed by atoms with van der Waals surface area (Å²) in [6.45, 7) is 9.22. The Bertz CT molecular complexity index is 812. The summed E-state index contributed by atoms with van der Waals surface area (Å²) in [5.74, 6) is 6.46. The third kappa shape index (κ3) is 4.43. The second kappa shape index (κ2) is 8.46. The van der Waals surface area contributed by atoms with E-state index in [1.165, 1.54) is 44.3 Å². The standard InChI is InChI=1S/C25H28N2/c1-21(26-19-15-25(16-20-26)27-17-5-6-18-27)24-13-11-23(12-14-24)10-9-22-7-3-2-4-8-22/h2-4,7-8,11-14,25H,1,5-6,15-20H2. The van der Waals surface area contributed by atoms with Crippen molar-refractivity contribution in [2.24, 2.45) is 0 Å². The normalized spacial score (nSPS) is 18.1. The molecule has 2 aromatic carbocycles. The Balaban J connectivity index is 1.35. The van der Waals surface area contributed by atoms with Crippen LogP contribution in [0.25, 0.3) is 5.70 Å². The number of hydrogen-bond acceptors (Lipinski definition) is 2. The van der Waals surface area contributed by atoms with Crippen LogP contribution < -0.4 is 0 Å². The van der Waals surface area contributed by atoms with Crippen molar-refractivity contribution in [1.29, 1.82) is 0 Å². The SMILES string of the molecule is C=C(c1ccc(C#Cc2ccccc2)cc1)N1CCC(N2CCCC2)CC1. The quantitative estimate of drug-likeness (QED) is 0.741. The van der Waals surface area contributed by atoms with Crippen LogP contribution in [0.3, 0.4) is 0 Å². The molecule has 0 aliphatic carbocycles. The molecule has 0 unspecified atom stereocenters. The van der Waals surface area contributed by atoms with Crippen LogP contribution in [0.5, 0.6) is 0 Å². The van der Waals surface area contributed by atoms with Gasteiger partial charge in [-0.25, -0.2) is 0 Å². The third-order valence-electron chi connectivity index (χ3n) is 5.85. The van der Waals surface area contributed by atoms with Crippen LogP contribution in [-0.2, 0) is 0 Å². The first kappa shape index (κ1) is 17.9. The maximum absolute atomic E-state index is 4.37. The van der Waals surface area contributed by atoms with E-state index in [9.17, 15) is 0 Å². The van der Waals surface area contributed by atoms with Gasteiger partial charge in [-0.1, -0.05) is 48.8 Å². The van der Waals surface area contributed by atoms with Crippen molar-refractivity contribution in [2.45, 2.75) is 31.7 Å². The lowest BCUT2D eigenvalue weighted by Gasteiger charge is -2.38. The number of piperidine rings is 1. The van der Waals surface area contributed by atoms with Gasteiger partial charge in [0.25, 0.3) is 0 Å². The molecule has 0 spiro atoms. The maximum Gasteiger partial charge on any atom is 0.0366 e. The lowest BCUT2D eigenvalue weighted by molar-refractivity contribution is 0.159. The molecule has 2 heterocycles. The molecule has 0 N–H and O–H groups in total. The summed E-state index contributed by atoms with van der Waals surface area (Å²) in [5.41, 5.74) is 4.45. The molecule has 2 aliphatic rings. The summed E-state index contributed by atoms with van der Waals surface area (Å²) in [5, 5.41) is 0. The lowest BCUT2D eigenvalue weighted by Crippen LogP contribution is -2.42. The van der Waals surface area contributed by atoms with Crippen molar-refractivity contribution in [3.05, 3.63) is 77.9 Å². The summed E-state index contributed by atoms with van der Waals surface area (Å²) in [6.07, 6.45) is 5.29. The van der Waals surface area contributed by atoms with Gasteiger partial charge in [0.15, 0.2) is 0 Å². The minimum Gasteiger partial charge on any atom is -0.371 e.